The zero-order chi connectivity index (χ0) is 18.5. The third kappa shape index (κ3) is 3.45. The van der Waals surface area contributed by atoms with E-state index in [2.05, 4.69) is 11.1 Å². The number of anilines is 1. The molecule has 0 aliphatic carbocycles. The molecule has 0 amide bonds. The van der Waals surface area contributed by atoms with Crippen LogP contribution in [-0.4, -0.2) is 18.7 Å². The summed E-state index contributed by atoms with van der Waals surface area (Å²) in [5.41, 5.74) is 9.59. The number of pyridine rings is 1. The maximum absolute atomic E-state index is 9.53. The summed E-state index contributed by atoms with van der Waals surface area (Å²) < 4.78 is 10.8. The Labute approximate surface area is 152 Å². The van der Waals surface area contributed by atoms with Crippen molar-refractivity contribution in [2.75, 3.05) is 19.5 Å². The highest BCUT2D eigenvalue weighted by atomic mass is 16.5. The zero-order valence-electron chi connectivity index (χ0n) is 14.7. The predicted octanol–water partition coefficient (Wildman–Crippen LogP) is 4.28. The number of nitrogen functional groups attached to an aromatic ring is 1. The van der Waals surface area contributed by atoms with E-state index < -0.39 is 0 Å². The molecule has 0 fully saturated rings. The second-order valence-corrected chi connectivity index (χ2v) is 5.62. The first kappa shape index (κ1) is 17.3. The molecule has 0 spiro atoms. The summed E-state index contributed by atoms with van der Waals surface area (Å²) in [5.74, 6) is 1.71. The van der Waals surface area contributed by atoms with Crippen LogP contribution in [0.4, 0.5) is 5.82 Å². The molecule has 5 nitrogen and oxygen atoms in total. The molecule has 2 N–H and O–H groups in total. The van der Waals surface area contributed by atoms with E-state index in [9.17, 15) is 5.26 Å². The molecular weight excluding hydrogens is 326 g/mol. The number of hydrogen-bond acceptors (Lipinski definition) is 5. The van der Waals surface area contributed by atoms with Crippen LogP contribution in [0.3, 0.4) is 0 Å². The number of methoxy groups -OCH3 is 1. The average molecular weight is 345 g/mol. The maximum Gasteiger partial charge on any atom is 0.142 e. The Morgan fingerprint density at radius 1 is 1.04 bits per heavy atom. The van der Waals surface area contributed by atoms with Gasteiger partial charge in [-0.15, -0.1) is 0 Å². The van der Waals surface area contributed by atoms with E-state index in [-0.39, 0.29) is 5.82 Å². The van der Waals surface area contributed by atoms with Gasteiger partial charge in [-0.05, 0) is 55.0 Å². The number of hydrogen-bond donors (Lipinski definition) is 1. The van der Waals surface area contributed by atoms with Crippen molar-refractivity contribution in [1.29, 1.82) is 5.26 Å². The average Bonchev–Trinajstić information content (AvgIpc) is 2.68. The Balaban J connectivity index is 2.11. The standard InChI is InChI=1S/C21H19N3O2/c1-3-26-16-9-7-14(8-10-16)20-12-18(19(13-22)21(23)24-20)15-5-4-6-17(11-15)25-2/h4-12H,3H2,1-2H3,(H2,23,24). The van der Waals surface area contributed by atoms with Crippen LogP contribution in [-0.2, 0) is 0 Å². The fourth-order valence-corrected chi connectivity index (χ4v) is 2.74. The summed E-state index contributed by atoms with van der Waals surface area (Å²) in [7, 11) is 1.61. The first-order valence-corrected chi connectivity index (χ1v) is 8.24. The van der Waals surface area contributed by atoms with Gasteiger partial charge in [-0.25, -0.2) is 4.98 Å². The second-order valence-electron chi connectivity index (χ2n) is 5.62. The molecule has 0 unspecified atom stereocenters. The van der Waals surface area contributed by atoms with E-state index in [1.807, 2.05) is 61.5 Å². The van der Waals surface area contributed by atoms with Crippen molar-refractivity contribution in [2.24, 2.45) is 0 Å². The van der Waals surface area contributed by atoms with Gasteiger partial charge in [0.05, 0.1) is 19.4 Å². The Morgan fingerprint density at radius 2 is 1.81 bits per heavy atom. The molecule has 0 saturated carbocycles. The first-order valence-electron chi connectivity index (χ1n) is 8.24. The molecule has 0 aliphatic heterocycles. The summed E-state index contributed by atoms with van der Waals surface area (Å²) in [4.78, 5) is 4.40. The lowest BCUT2D eigenvalue weighted by atomic mass is 9.98. The number of aromatic nitrogens is 1. The van der Waals surface area contributed by atoms with Crippen molar-refractivity contribution in [1.82, 2.24) is 4.98 Å². The Bertz CT molecular complexity index is 960. The van der Waals surface area contributed by atoms with Crippen LogP contribution < -0.4 is 15.2 Å². The minimum atomic E-state index is 0.205. The lowest BCUT2D eigenvalue weighted by Gasteiger charge is -2.11. The zero-order valence-corrected chi connectivity index (χ0v) is 14.7. The summed E-state index contributed by atoms with van der Waals surface area (Å²) in [5, 5.41) is 9.53. The van der Waals surface area contributed by atoms with E-state index in [1.165, 1.54) is 0 Å². The lowest BCUT2D eigenvalue weighted by molar-refractivity contribution is 0.340. The van der Waals surface area contributed by atoms with Crippen LogP contribution in [0.2, 0.25) is 0 Å². The normalized spacial score (nSPS) is 10.2. The summed E-state index contributed by atoms with van der Waals surface area (Å²) in [6.45, 7) is 2.55. The van der Waals surface area contributed by atoms with Crippen molar-refractivity contribution in [3.63, 3.8) is 0 Å². The van der Waals surface area contributed by atoms with Crippen molar-refractivity contribution in [3.05, 3.63) is 60.2 Å². The first-order chi connectivity index (χ1) is 12.7. The van der Waals surface area contributed by atoms with Crippen LogP contribution in [0.25, 0.3) is 22.4 Å². The van der Waals surface area contributed by atoms with Crippen LogP contribution in [0.15, 0.2) is 54.6 Å². The molecule has 1 heterocycles. The highest BCUT2D eigenvalue weighted by molar-refractivity contribution is 5.80. The van der Waals surface area contributed by atoms with Gasteiger partial charge in [0.15, 0.2) is 0 Å². The van der Waals surface area contributed by atoms with Gasteiger partial charge in [0, 0.05) is 11.1 Å². The highest BCUT2D eigenvalue weighted by Crippen LogP contribution is 2.33. The number of nitriles is 1. The summed E-state index contributed by atoms with van der Waals surface area (Å²) >= 11 is 0. The summed E-state index contributed by atoms with van der Waals surface area (Å²) in [6.07, 6.45) is 0. The fraction of sp³-hybridized carbons (Fsp3) is 0.143. The van der Waals surface area contributed by atoms with Crippen molar-refractivity contribution in [3.8, 4) is 40.0 Å². The van der Waals surface area contributed by atoms with Crippen LogP contribution in [0.1, 0.15) is 12.5 Å². The molecule has 3 rings (SSSR count). The van der Waals surface area contributed by atoms with Crippen LogP contribution >= 0.6 is 0 Å². The molecule has 1 aromatic heterocycles. The van der Waals surface area contributed by atoms with Gasteiger partial charge in [0.1, 0.15) is 28.9 Å². The molecule has 5 heteroatoms. The van der Waals surface area contributed by atoms with Gasteiger partial charge >= 0.3 is 0 Å². The van der Waals surface area contributed by atoms with E-state index in [0.29, 0.717) is 23.6 Å². The second kappa shape index (κ2) is 7.58. The van der Waals surface area contributed by atoms with Gasteiger partial charge in [-0.1, -0.05) is 12.1 Å². The number of nitrogens with two attached hydrogens (primary N) is 1. The largest absolute Gasteiger partial charge is 0.497 e. The molecule has 0 bridgehead atoms. The van der Waals surface area contributed by atoms with Gasteiger partial charge in [-0.2, -0.15) is 5.26 Å². The maximum atomic E-state index is 9.53. The smallest absolute Gasteiger partial charge is 0.142 e. The molecule has 130 valence electrons. The predicted molar refractivity (Wildman–Crippen MR) is 102 cm³/mol. The molecular formula is C21H19N3O2. The number of rotatable bonds is 5. The Morgan fingerprint density at radius 3 is 2.46 bits per heavy atom. The van der Waals surface area contributed by atoms with Gasteiger partial charge in [0.2, 0.25) is 0 Å². The van der Waals surface area contributed by atoms with Gasteiger partial charge in [-0.3, -0.25) is 0 Å². The molecule has 0 atom stereocenters. The summed E-state index contributed by atoms with van der Waals surface area (Å²) in [6, 6.07) is 19.2. The molecule has 26 heavy (non-hydrogen) atoms. The van der Waals surface area contributed by atoms with Crippen molar-refractivity contribution in [2.45, 2.75) is 6.92 Å². The van der Waals surface area contributed by atoms with Crippen molar-refractivity contribution >= 4 is 5.82 Å². The molecule has 2 aromatic carbocycles. The Hall–Kier alpha value is -3.52. The molecule has 0 saturated heterocycles. The number of nitrogens with zero attached hydrogens (tertiary/aromatic N) is 2. The topological polar surface area (TPSA) is 81.2 Å². The van der Waals surface area contributed by atoms with Crippen LogP contribution in [0, 0.1) is 11.3 Å². The van der Waals surface area contributed by atoms with Gasteiger partial charge < -0.3 is 15.2 Å². The third-order valence-corrected chi connectivity index (χ3v) is 4.00. The quantitative estimate of drug-likeness (QED) is 0.746. The molecule has 3 aromatic rings. The molecule has 0 radical (unpaired) electrons. The van der Waals surface area contributed by atoms with Gasteiger partial charge in [0.25, 0.3) is 0 Å². The van der Waals surface area contributed by atoms with E-state index in [1.54, 1.807) is 7.11 Å². The van der Waals surface area contributed by atoms with E-state index >= 15 is 0 Å². The van der Waals surface area contributed by atoms with E-state index in [0.717, 1.165) is 22.4 Å². The minimum absolute atomic E-state index is 0.205. The van der Waals surface area contributed by atoms with Crippen LogP contribution in [0.5, 0.6) is 11.5 Å². The number of benzene rings is 2. The SMILES string of the molecule is CCOc1ccc(-c2cc(-c3cccc(OC)c3)c(C#N)c(N)n2)cc1. The minimum Gasteiger partial charge on any atom is -0.497 e. The van der Waals surface area contributed by atoms with E-state index in [4.69, 9.17) is 15.2 Å². The number of ether oxygens (including phenoxy) is 2. The Kier molecular flexibility index (Phi) is 5.04. The monoisotopic (exact) mass is 345 g/mol. The fourth-order valence-electron chi connectivity index (χ4n) is 2.74. The molecule has 0 aliphatic rings. The highest BCUT2D eigenvalue weighted by Gasteiger charge is 2.14. The lowest BCUT2D eigenvalue weighted by Crippen LogP contribution is -2.00. The third-order valence-electron chi connectivity index (χ3n) is 4.00. The van der Waals surface area contributed by atoms with Crippen molar-refractivity contribution < 1.29 is 9.47 Å².